The van der Waals surface area contributed by atoms with Crippen LogP contribution in [0.2, 0.25) is 5.02 Å². The Kier molecular flexibility index (Phi) is 4.96. The summed E-state index contributed by atoms with van der Waals surface area (Å²) >= 11 is 5.99. The molecule has 0 spiro atoms. The Labute approximate surface area is 160 Å². The molecule has 0 saturated heterocycles. The van der Waals surface area contributed by atoms with Crippen molar-refractivity contribution in [3.8, 4) is 0 Å². The van der Waals surface area contributed by atoms with Gasteiger partial charge in [-0.3, -0.25) is 19.7 Å². The molecule has 0 saturated carbocycles. The zero-order valence-electron chi connectivity index (χ0n) is 14.6. The van der Waals surface area contributed by atoms with E-state index in [2.05, 4.69) is 0 Å². The highest BCUT2D eigenvalue weighted by Gasteiger charge is 2.40. The third-order valence-electron chi connectivity index (χ3n) is 4.06. The number of nitro benzene ring substituents is 1. The molecule has 0 fully saturated rings. The largest absolute Gasteiger partial charge is 0.492 e. The van der Waals surface area contributed by atoms with Gasteiger partial charge in [-0.15, -0.1) is 0 Å². The summed E-state index contributed by atoms with van der Waals surface area (Å²) < 4.78 is 5.72. The van der Waals surface area contributed by atoms with Crippen LogP contribution in [0.4, 0.5) is 11.4 Å². The molecule has 0 aliphatic carbocycles. The quantitative estimate of drug-likeness (QED) is 0.342. The molecule has 2 aromatic carbocycles. The number of nitrogens with zero attached hydrogens (tertiary/aromatic N) is 2. The van der Waals surface area contributed by atoms with Crippen LogP contribution in [-0.4, -0.2) is 23.3 Å². The smallest absolute Gasteiger partial charge is 0.288 e. The summed E-state index contributed by atoms with van der Waals surface area (Å²) in [5, 5.41) is 11.1. The van der Waals surface area contributed by atoms with Crippen molar-refractivity contribution in [2.24, 2.45) is 0 Å². The van der Waals surface area contributed by atoms with Gasteiger partial charge in [-0.25, -0.2) is 4.90 Å². The number of carbonyl (C=O) groups excluding carboxylic acids is 2. The fraction of sp³-hybridized carbons (Fsp3) is 0.158. The summed E-state index contributed by atoms with van der Waals surface area (Å²) in [7, 11) is 0. The van der Waals surface area contributed by atoms with Crippen LogP contribution in [0.15, 0.2) is 42.5 Å². The second kappa shape index (κ2) is 7.20. The number of anilines is 1. The maximum absolute atomic E-state index is 13.0. The highest BCUT2D eigenvalue weighted by Crippen LogP contribution is 2.45. The van der Waals surface area contributed by atoms with E-state index in [9.17, 15) is 19.7 Å². The SMILES string of the molecule is CCOC(=C1C(=O)N(C(C)=O)c2cc(Cl)c([N+](=O)[O-])cc21)c1ccccc1. The Bertz CT molecular complexity index is 985. The molecule has 0 aromatic heterocycles. The van der Waals surface area contributed by atoms with E-state index in [0.717, 1.165) is 4.90 Å². The molecular formula is C19H15ClN2O5. The Morgan fingerprint density at radius 2 is 1.93 bits per heavy atom. The van der Waals surface area contributed by atoms with Crippen LogP contribution in [0, 0.1) is 10.1 Å². The lowest BCUT2D eigenvalue weighted by atomic mass is 10.0. The first-order valence-electron chi connectivity index (χ1n) is 8.12. The zero-order valence-corrected chi connectivity index (χ0v) is 15.3. The summed E-state index contributed by atoms with van der Waals surface area (Å²) in [5.41, 5.74) is 0.796. The Morgan fingerprint density at radius 3 is 2.48 bits per heavy atom. The Hall–Kier alpha value is -3.19. The maximum Gasteiger partial charge on any atom is 0.288 e. The number of amides is 2. The minimum absolute atomic E-state index is 0.0908. The molecule has 138 valence electrons. The molecule has 0 unspecified atom stereocenters. The molecule has 0 atom stereocenters. The number of hydrogen-bond donors (Lipinski definition) is 0. The van der Waals surface area contributed by atoms with Gasteiger partial charge < -0.3 is 4.74 Å². The van der Waals surface area contributed by atoms with E-state index in [1.54, 1.807) is 31.2 Å². The summed E-state index contributed by atoms with van der Waals surface area (Å²) in [6.07, 6.45) is 0. The normalized spacial score (nSPS) is 14.8. The van der Waals surface area contributed by atoms with Gasteiger partial charge in [-0.1, -0.05) is 41.9 Å². The van der Waals surface area contributed by atoms with Crippen molar-refractivity contribution < 1.29 is 19.2 Å². The highest BCUT2D eigenvalue weighted by molar-refractivity contribution is 6.44. The third kappa shape index (κ3) is 3.17. The van der Waals surface area contributed by atoms with Gasteiger partial charge in [0.05, 0.1) is 22.8 Å². The number of imide groups is 1. The Morgan fingerprint density at radius 1 is 1.26 bits per heavy atom. The number of benzene rings is 2. The number of nitro groups is 1. The lowest BCUT2D eigenvalue weighted by molar-refractivity contribution is -0.384. The standard InChI is InChI=1S/C19H15ClN2O5/c1-3-27-18(12-7-5-4-6-8-12)17-13-9-16(22(25)26)14(20)10-15(13)21(11(2)23)19(17)24/h4-10H,3H2,1-2H3. The number of halogens is 1. The first-order chi connectivity index (χ1) is 12.9. The lowest BCUT2D eigenvalue weighted by Gasteiger charge is -2.13. The average molecular weight is 387 g/mol. The van der Waals surface area contributed by atoms with Gasteiger partial charge in [0.15, 0.2) is 0 Å². The van der Waals surface area contributed by atoms with Crippen molar-refractivity contribution >= 4 is 46.1 Å². The molecule has 1 heterocycles. The molecule has 2 amide bonds. The molecule has 0 bridgehead atoms. The topological polar surface area (TPSA) is 89.8 Å². The third-order valence-corrected chi connectivity index (χ3v) is 4.36. The van der Waals surface area contributed by atoms with E-state index in [-0.39, 0.29) is 39.9 Å². The second-order valence-corrected chi connectivity index (χ2v) is 6.15. The predicted molar refractivity (Wildman–Crippen MR) is 101 cm³/mol. The molecule has 2 aromatic rings. The first-order valence-corrected chi connectivity index (χ1v) is 8.50. The van der Waals surface area contributed by atoms with Crippen molar-refractivity contribution in [3.63, 3.8) is 0 Å². The van der Waals surface area contributed by atoms with Crippen molar-refractivity contribution in [3.05, 3.63) is 68.7 Å². The van der Waals surface area contributed by atoms with Crippen LogP contribution < -0.4 is 4.90 Å². The molecule has 0 N–H and O–H groups in total. The van der Waals surface area contributed by atoms with Crippen LogP contribution in [0.25, 0.3) is 11.3 Å². The van der Waals surface area contributed by atoms with Crippen molar-refractivity contribution in [1.29, 1.82) is 0 Å². The molecule has 1 aliphatic rings. The molecule has 7 nitrogen and oxygen atoms in total. The van der Waals surface area contributed by atoms with E-state index in [0.29, 0.717) is 5.56 Å². The molecular weight excluding hydrogens is 372 g/mol. The number of ether oxygens (including phenoxy) is 1. The van der Waals surface area contributed by atoms with E-state index in [4.69, 9.17) is 16.3 Å². The monoisotopic (exact) mass is 386 g/mol. The minimum Gasteiger partial charge on any atom is -0.492 e. The number of fused-ring (bicyclic) bond motifs is 1. The fourth-order valence-corrected chi connectivity index (χ4v) is 3.21. The van der Waals surface area contributed by atoms with Crippen molar-refractivity contribution in [2.75, 3.05) is 11.5 Å². The number of rotatable bonds is 4. The molecule has 27 heavy (non-hydrogen) atoms. The van der Waals surface area contributed by atoms with Crippen LogP contribution in [-0.2, 0) is 14.3 Å². The van der Waals surface area contributed by atoms with E-state index in [1.807, 2.05) is 6.07 Å². The zero-order chi connectivity index (χ0) is 19.7. The summed E-state index contributed by atoms with van der Waals surface area (Å²) in [6, 6.07) is 11.3. The van der Waals surface area contributed by atoms with Gasteiger partial charge in [-0.05, 0) is 13.0 Å². The number of carbonyl (C=O) groups is 2. The molecule has 0 radical (unpaired) electrons. The first kappa shape index (κ1) is 18.6. The van der Waals surface area contributed by atoms with Crippen LogP contribution in [0.5, 0.6) is 0 Å². The van der Waals surface area contributed by atoms with E-state index < -0.39 is 16.7 Å². The van der Waals surface area contributed by atoms with Crippen molar-refractivity contribution in [1.82, 2.24) is 0 Å². The molecule has 8 heteroatoms. The van der Waals surface area contributed by atoms with Crippen LogP contribution in [0.1, 0.15) is 25.0 Å². The summed E-state index contributed by atoms with van der Waals surface area (Å²) in [6.45, 7) is 3.27. The van der Waals surface area contributed by atoms with Crippen LogP contribution >= 0.6 is 11.6 Å². The predicted octanol–water partition coefficient (Wildman–Crippen LogP) is 4.05. The van der Waals surface area contributed by atoms with Gasteiger partial charge in [0.25, 0.3) is 11.6 Å². The minimum atomic E-state index is -0.635. The molecule has 3 rings (SSSR count). The fourth-order valence-electron chi connectivity index (χ4n) is 2.98. The number of hydrogen-bond acceptors (Lipinski definition) is 5. The highest BCUT2D eigenvalue weighted by atomic mass is 35.5. The summed E-state index contributed by atoms with van der Waals surface area (Å²) in [4.78, 5) is 36.7. The van der Waals surface area contributed by atoms with Gasteiger partial charge in [0.1, 0.15) is 10.8 Å². The van der Waals surface area contributed by atoms with Crippen molar-refractivity contribution in [2.45, 2.75) is 13.8 Å². The van der Waals surface area contributed by atoms with Crippen LogP contribution in [0.3, 0.4) is 0 Å². The average Bonchev–Trinajstić information content (AvgIpc) is 2.90. The maximum atomic E-state index is 13.0. The van der Waals surface area contributed by atoms with Gasteiger partial charge in [0.2, 0.25) is 5.91 Å². The lowest BCUT2D eigenvalue weighted by Crippen LogP contribution is -2.31. The summed E-state index contributed by atoms with van der Waals surface area (Å²) in [5.74, 6) is -0.879. The second-order valence-electron chi connectivity index (χ2n) is 5.74. The molecule has 1 aliphatic heterocycles. The van der Waals surface area contributed by atoms with Gasteiger partial charge >= 0.3 is 0 Å². The van der Waals surface area contributed by atoms with Gasteiger partial charge in [0, 0.05) is 24.1 Å². The van der Waals surface area contributed by atoms with Gasteiger partial charge in [-0.2, -0.15) is 0 Å². The van der Waals surface area contributed by atoms with E-state index in [1.165, 1.54) is 19.1 Å². The Balaban J connectivity index is 2.37. The van der Waals surface area contributed by atoms with E-state index >= 15 is 0 Å².